The highest BCUT2D eigenvalue weighted by molar-refractivity contribution is 6.30. The molecule has 0 aliphatic rings. The van der Waals surface area contributed by atoms with Gasteiger partial charge in [-0.1, -0.05) is 18.5 Å². The Kier molecular flexibility index (Phi) is 4.02. The van der Waals surface area contributed by atoms with Crippen molar-refractivity contribution in [3.05, 3.63) is 63.0 Å². The molecule has 1 heterocycles. The smallest absolute Gasteiger partial charge is 0.249 e. The summed E-state index contributed by atoms with van der Waals surface area (Å²) < 4.78 is 5.57. The third-order valence-corrected chi connectivity index (χ3v) is 2.91. The van der Waals surface area contributed by atoms with Crippen molar-refractivity contribution in [3.63, 3.8) is 0 Å². The molecule has 0 aliphatic carbocycles. The summed E-state index contributed by atoms with van der Waals surface area (Å²) in [5, 5.41) is 11.4. The van der Waals surface area contributed by atoms with Crippen LogP contribution in [0.2, 0.25) is 5.02 Å². The average Bonchev–Trinajstić information content (AvgIpc) is 2.85. The highest BCUT2D eigenvalue weighted by atomic mass is 35.5. The van der Waals surface area contributed by atoms with Crippen LogP contribution in [0.15, 0.2) is 46.5 Å². The Morgan fingerprint density at radius 2 is 2.00 bits per heavy atom. The fourth-order valence-electron chi connectivity index (χ4n) is 1.65. The minimum absolute atomic E-state index is 0.122. The maximum absolute atomic E-state index is 10.7. The van der Waals surface area contributed by atoms with Crippen molar-refractivity contribution in [2.24, 2.45) is 0 Å². The molecule has 5 heteroatoms. The van der Waals surface area contributed by atoms with Gasteiger partial charge in [-0.2, -0.15) is 0 Å². The molecule has 98 valence electrons. The zero-order valence-corrected chi connectivity index (χ0v) is 11.1. The molecule has 0 atom stereocenters. The minimum atomic E-state index is -0.398. The predicted octanol–water partition coefficient (Wildman–Crippen LogP) is 4.63. The van der Waals surface area contributed by atoms with Crippen LogP contribution in [0, 0.1) is 10.1 Å². The highest BCUT2D eigenvalue weighted by Crippen LogP contribution is 2.25. The van der Waals surface area contributed by atoms with E-state index in [0.29, 0.717) is 23.0 Å². The van der Waals surface area contributed by atoms with Crippen LogP contribution < -0.4 is 0 Å². The van der Waals surface area contributed by atoms with Crippen LogP contribution in [-0.2, 0) is 0 Å². The SMILES string of the molecule is CC/C(=C\c1ccc(-c2ccc(Cl)cc2)o1)[N+](=O)[O-]. The molecule has 0 aliphatic heterocycles. The van der Waals surface area contributed by atoms with Crippen LogP contribution in [0.25, 0.3) is 17.4 Å². The lowest BCUT2D eigenvalue weighted by Gasteiger charge is -1.96. The largest absolute Gasteiger partial charge is 0.456 e. The van der Waals surface area contributed by atoms with E-state index in [0.717, 1.165) is 5.56 Å². The molecule has 4 nitrogen and oxygen atoms in total. The Morgan fingerprint density at radius 3 is 2.58 bits per heavy atom. The number of hydrogen-bond acceptors (Lipinski definition) is 3. The van der Waals surface area contributed by atoms with Crippen LogP contribution in [-0.4, -0.2) is 4.92 Å². The second-order valence-electron chi connectivity index (χ2n) is 3.96. The zero-order chi connectivity index (χ0) is 13.8. The van der Waals surface area contributed by atoms with E-state index in [2.05, 4.69) is 0 Å². The highest BCUT2D eigenvalue weighted by Gasteiger charge is 2.10. The van der Waals surface area contributed by atoms with E-state index in [9.17, 15) is 10.1 Å². The quantitative estimate of drug-likeness (QED) is 0.605. The van der Waals surface area contributed by atoms with E-state index in [1.807, 2.05) is 12.1 Å². The van der Waals surface area contributed by atoms with E-state index >= 15 is 0 Å². The molecule has 0 radical (unpaired) electrons. The van der Waals surface area contributed by atoms with Crippen LogP contribution in [0.5, 0.6) is 0 Å². The van der Waals surface area contributed by atoms with Gasteiger partial charge >= 0.3 is 0 Å². The van der Waals surface area contributed by atoms with E-state index in [1.165, 1.54) is 6.08 Å². The van der Waals surface area contributed by atoms with E-state index in [1.54, 1.807) is 31.2 Å². The molecule has 0 fully saturated rings. The minimum Gasteiger partial charge on any atom is -0.456 e. The summed E-state index contributed by atoms with van der Waals surface area (Å²) >= 11 is 5.81. The predicted molar refractivity (Wildman–Crippen MR) is 74.4 cm³/mol. The molecule has 0 bridgehead atoms. The molecule has 2 rings (SSSR count). The van der Waals surface area contributed by atoms with E-state index in [-0.39, 0.29) is 5.70 Å². The summed E-state index contributed by atoms with van der Waals surface area (Å²) in [4.78, 5) is 10.3. The van der Waals surface area contributed by atoms with Crippen LogP contribution >= 0.6 is 11.6 Å². The van der Waals surface area contributed by atoms with Gasteiger partial charge in [-0.25, -0.2) is 0 Å². The molecule has 0 saturated carbocycles. The van der Waals surface area contributed by atoms with Crippen molar-refractivity contribution in [1.82, 2.24) is 0 Å². The number of nitro groups is 1. The van der Waals surface area contributed by atoms with Gasteiger partial charge in [-0.05, 0) is 36.4 Å². The standard InChI is InChI=1S/C14H12ClNO3/c1-2-12(16(17)18)9-13-7-8-14(19-13)10-3-5-11(15)6-4-10/h3-9H,2H2,1H3/b12-9+. The van der Waals surface area contributed by atoms with Gasteiger partial charge in [0.2, 0.25) is 5.70 Å². The molecule has 0 N–H and O–H groups in total. The van der Waals surface area contributed by atoms with Crippen molar-refractivity contribution < 1.29 is 9.34 Å². The van der Waals surface area contributed by atoms with Crippen molar-refractivity contribution >= 4 is 17.7 Å². The van der Waals surface area contributed by atoms with E-state index in [4.69, 9.17) is 16.0 Å². The number of nitrogens with zero attached hydrogens (tertiary/aromatic N) is 1. The molecule has 2 aromatic rings. The third kappa shape index (κ3) is 3.23. The number of hydrogen-bond donors (Lipinski definition) is 0. The van der Waals surface area contributed by atoms with Gasteiger partial charge in [0, 0.05) is 17.0 Å². The van der Waals surface area contributed by atoms with Crippen LogP contribution in [0.1, 0.15) is 19.1 Å². The molecular weight excluding hydrogens is 266 g/mol. The summed E-state index contributed by atoms with van der Waals surface area (Å²) in [6.45, 7) is 1.73. The zero-order valence-electron chi connectivity index (χ0n) is 10.3. The molecule has 1 aromatic heterocycles. The lowest BCUT2D eigenvalue weighted by molar-refractivity contribution is -0.425. The van der Waals surface area contributed by atoms with Gasteiger partial charge in [-0.3, -0.25) is 10.1 Å². The Balaban J connectivity index is 2.29. The molecule has 19 heavy (non-hydrogen) atoms. The molecular formula is C14H12ClNO3. The second kappa shape index (κ2) is 5.71. The molecule has 1 aromatic carbocycles. The summed E-state index contributed by atoms with van der Waals surface area (Å²) in [5.41, 5.74) is 1.00. The average molecular weight is 278 g/mol. The summed E-state index contributed by atoms with van der Waals surface area (Å²) in [5.74, 6) is 1.13. The van der Waals surface area contributed by atoms with E-state index < -0.39 is 4.92 Å². The number of benzene rings is 1. The van der Waals surface area contributed by atoms with Crippen molar-refractivity contribution in [2.45, 2.75) is 13.3 Å². The van der Waals surface area contributed by atoms with Crippen molar-refractivity contribution in [2.75, 3.05) is 0 Å². The number of halogens is 1. The molecule has 0 amide bonds. The monoisotopic (exact) mass is 277 g/mol. The lowest BCUT2D eigenvalue weighted by Crippen LogP contribution is -1.95. The molecule has 0 saturated heterocycles. The second-order valence-corrected chi connectivity index (χ2v) is 4.39. The lowest BCUT2D eigenvalue weighted by atomic mass is 10.2. The van der Waals surface area contributed by atoms with Gasteiger partial charge in [0.25, 0.3) is 0 Å². The fourth-order valence-corrected chi connectivity index (χ4v) is 1.77. The van der Waals surface area contributed by atoms with Crippen molar-refractivity contribution in [1.29, 1.82) is 0 Å². The Labute approximate surface area is 115 Å². The first-order valence-electron chi connectivity index (χ1n) is 5.81. The summed E-state index contributed by atoms with van der Waals surface area (Å²) in [7, 11) is 0. The Bertz CT molecular complexity index is 614. The Hall–Kier alpha value is -2.07. The fraction of sp³-hybridized carbons (Fsp3) is 0.143. The number of furan rings is 1. The van der Waals surface area contributed by atoms with Gasteiger partial charge < -0.3 is 4.42 Å². The molecule has 0 spiro atoms. The topological polar surface area (TPSA) is 56.3 Å². The first kappa shape index (κ1) is 13.4. The number of rotatable bonds is 4. The first-order chi connectivity index (χ1) is 9.10. The maximum atomic E-state index is 10.7. The van der Waals surface area contributed by atoms with Gasteiger partial charge in [0.1, 0.15) is 11.5 Å². The maximum Gasteiger partial charge on any atom is 0.249 e. The normalized spacial score (nSPS) is 11.6. The van der Waals surface area contributed by atoms with Crippen LogP contribution in [0.3, 0.4) is 0 Å². The van der Waals surface area contributed by atoms with Crippen molar-refractivity contribution in [3.8, 4) is 11.3 Å². The first-order valence-corrected chi connectivity index (χ1v) is 6.18. The van der Waals surface area contributed by atoms with Gasteiger partial charge in [0.15, 0.2) is 0 Å². The van der Waals surface area contributed by atoms with Gasteiger partial charge in [0.05, 0.1) is 11.0 Å². The third-order valence-electron chi connectivity index (χ3n) is 2.66. The molecule has 0 unspecified atom stereocenters. The van der Waals surface area contributed by atoms with Crippen LogP contribution in [0.4, 0.5) is 0 Å². The van der Waals surface area contributed by atoms with Gasteiger partial charge in [-0.15, -0.1) is 0 Å². The number of allylic oxidation sites excluding steroid dienone is 1. The summed E-state index contributed by atoms with van der Waals surface area (Å²) in [6.07, 6.45) is 1.80. The summed E-state index contributed by atoms with van der Waals surface area (Å²) in [6, 6.07) is 10.7. The Morgan fingerprint density at radius 1 is 1.32 bits per heavy atom.